The number of rotatable bonds is 6. The highest BCUT2D eigenvalue weighted by Gasteiger charge is 2.46. The summed E-state index contributed by atoms with van der Waals surface area (Å²) in [5, 5.41) is 0. The highest BCUT2D eigenvalue weighted by atomic mass is 16.6. The molecule has 2 aromatic carbocycles. The molecule has 2 amide bonds. The van der Waals surface area contributed by atoms with Crippen LogP contribution < -0.4 is 0 Å². The summed E-state index contributed by atoms with van der Waals surface area (Å²) in [4.78, 5) is 33.9. The van der Waals surface area contributed by atoms with Gasteiger partial charge in [-0.1, -0.05) is 48.5 Å². The van der Waals surface area contributed by atoms with Gasteiger partial charge < -0.3 is 19.1 Å². The van der Waals surface area contributed by atoms with Gasteiger partial charge in [-0.25, -0.2) is 9.78 Å². The van der Waals surface area contributed by atoms with E-state index in [1.54, 1.807) is 12.5 Å². The van der Waals surface area contributed by atoms with Crippen LogP contribution in [0.5, 0.6) is 0 Å². The second-order valence-corrected chi connectivity index (χ2v) is 9.25. The van der Waals surface area contributed by atoms with E-state index in [-0.39, 0.29) is 12.0 Å². The Hall–Kier alpha value is -3.61. The average Bonchev–Trinajstić information content (AvgIpc) is 3.42. The van der Waals surface area contributed by atoms with E-state index >= 15 is 0 Å². The summed E-state index contributed by atoms with van der Waals surface area (Å²) in [6.07, 6.45) is 8.23. The molecule has 3 heterocycles. The van der Waals surface area contributed by atoms with Crippen molar-refractivity contribution in [3.63, 3.8) is 0 Å². The number of carbonyl (C=O) groups excluding carboxylic acids is 2. The van der Waals surface area contributed by atoms with Crippen molar-refractivity contribution in [3.8, 4) is 0 Å². The zero-order chi connectivity index (χ0) is 23.4. The SMILES string of the molecule is O=C1O[C@]2(CCCN(C(=O)c3ccccc3Cn3ccnc3)CC2)CN1CCc1ccccc1. The van der Waals surface area contributed by atoms with Crippen LogP contribution in [-0.4, -0.2) is 63.1 Å². The maximum Gasteiger partial charge on any atom is 0.410 e. The van der Waals surface area contributed by atoms with Crippen LogP contribution in [0.3, 0.4) is 0 Å². The van der Waals surface area contributed by atoms with Crippen LogP contribution in [0.25, 0.3) is 0 Å². The highest BCUT2D eigenvalue weighted by Crippen LogP contribution is 2.34. The molecule has 3 aromatic rings. The molecular formula is C27H30N4O3. The van der Waals surface area contributed by atoms with Gasteiger partial charge >= 0.3 is 6.09 Å². The van der Waals surface area contributed by atoms with E-state index in [2.05, 4.69) is 17.1 Å². The number of amides is 2. The first kappa shape index (κ1) is 22.2. The summed E-state index contributed by atoms with van der Waals surface area (Å²) in [6, 6.07) is 18.0. The molecular weight excluding hydrogens is 428 g/mol. The predicted octanol–water partition coefficient (Wildman–Crippen LogP) is 3.99. The molecule has 1 aromatic heterocycles. The van der Waals surface area contributed by atoms with E-state index in [0.717, 1.165) is 30.4 Å². The highest BCUT2D eigenvalue weighted by molar-refractivity contribution is 5.95. The summed E-state index contributed by atoms with van der Waals surface area (Å²) in [6.45, 7) is 3.10. The molecule has 0 bridgehead atoms. The Morgan fingerprint density at radius 1 is 1.03 bits per heavy atom. The first-order valence-electron chi connectivity index (χ1n) is 12.0. The molecule has 0 radical (unpaired) electrons. The predicted molar refractivity (Wildman–Crippen MR) is 128 cm³/mol. The average molecular weight is 459 g/mol. The Morgan fingerprint density at radius 3 is 2.68 bits per heavy atom. The minimum Gasteiger partial charge on any atom is -0.441 e. The smallest absolute Gasteiger partial charge is 0.410 e. The lowest BCUT2D eigenvalue weighted by Gasteiger charge is -2.26. The molecule has 1 atom stereocenters. The Bertz CT molecular complexity index is 1130. The third-order valence-electron chi connectivity index (χ3n) is 6.90. The molecule has 5 rings (SSSR count). The van der Waals surface area contributed by atoms with E-state index < -0.39 is 5.60 Å². The Kier molecular flexibility index (Phi) is 6.34. The molecule has 176 valence electrons. The molecule has 0 saturated carbocycles. The fourth-order valence-corrected chi connectivity index (χ4v) is 5.02. The molecule has 0 aliphatic carbocycles. The van der Waals surface area contributed by atoms with E-state index in [0.29, 0.717) is 39.1 Å². The van der Waals surface area contributed by atoms with Gasteiger partial charge in [0.25, 0.3) is 5.91 Å². The van der Waals surface area contributed by atoms with Gasteiger partial charge in [0.05, 0.1) is 12.9 Å². The number of hydrogen-bond acceptors (Lipinski definition) is 4. The van der Waals surface area contributed by atoms with Gasteiger partial charge in [-0.2, -0.15) is 0 Å². The number of carbonyl (C=O) groups is 2. The van der Waals surface area contributed by atoms with E-state index in [4.69, 9.17) is 4.74 Å². The van der Waals surface area contributed by atoms with E-state index in [9.17, 15) is 9.59 Å². The molecule has 2 saturated heterocycles. The van der Waals surface area contributed by atoms with Crippen LogP contribution in [0.4, 0.5) is 4.79 Å². The number of likely N-dealkylation sites (tertiary alicyclic amines) is 1. The van der Waals surface area contributed by atoms with Crippen LogP contribution >= 0.6 is 0 Å². The minimum absolute atomic E-state index is 0.0398. The monoisotopic (exact) mass is 458 g/mol. The lowest BCUT2D eigenvalue weighted by Crippen LogP contribution is -2.37. The number of benzene rings is 2. The second kappa shape index (κ2) is 9.71. The first-order chi connectivity index (χ1) is 16.6. The number of ether oxygens (including phenoxy) is 1. The fraction of sp³-hybridized carbons (Fsp3) is 0.370. The summed E-state index contributed by atoms with van der Waals surface area (Å²) in [5.74, 6) is 0.0398. The fourth-order valence-electron chi connectivity index (χ4n) is 5.02. The van der Waals surface area contributed by atoms with Crippen molar-refractivity contribution >= 4 is 12.0 Å². The largest absolute Gasteiger partial charge is 0.441 e. The minimum atomic E-state index is -0.501. The third kappa shape index (κ3) is 4.83. The summed E-state index contributed by atoms with van der Waals surface area (Å²) in [7, 11) is 0. The van der Waals surface area contributed by atoms with Crippen molar-refractivity contribution in [2.75, 3.05) is 26.2 Å². The van der Waals surface area contributed by atoms with Gasteiger partial charge in [0.1, 0.15) is 5.60 Å². The topological polar surface area (TPSA) is 67.7 Å². The zero-order valence-electron chi connectivity index (χ0n) is 19.3. The zero-order valence-corrected chi connectivity index (χ0v) is 19.3. The lowest BCUT2D eigenvalue weighted by molar-refractivity contribution is 0.0438. The first-order valence-corrected chi connectivity index (χ1v) is 12.0. The number of nitrogens with zero attached hydrogens (tertiary/aromatic N) is 4. The van der Waals surface area contributed by atoms with Gasteiger partial charge in [-0.3, -0.25) is 4.79 Å². The van der Waals surface area contributed by atoms with Crippen LogP contribution in [0.1, 0.15) is 40.7 Å². The molecule has 0 unspecified atom stereocenters. The molecule has 7 heteroatoms. The van der Waals surface area contributed by atoms with Crippen molar-refractivity contribution in [1.29, 1.82) is 0 Å². The molecule has 0 N–H and O–H groups in total. The normalized spacial score (nSPS) is 20.4. The maximum absolute atomic E-state index is 13.5. The van der Waals surface area contributed by atoms with Gasteiger partial charge in [0.2, 0.25) is 0 Å². The molecule has 1 spiro atoms. The molecule has 2 fully saturated rings. The molecule has 34 heavy (non-hydrogen) atoms. The quantitative estimate of drug-likeness (QED) is 0.560. The lowest BCUT2D eigenvalue weighted by atomic mass is 9.95. The van der Waals surface area contributed by atoms with Crippen molar-refractivity contribution in [1.82, 2.24) is 19.4 Å². The standard InChI is InChI=1S/C27H30N4O3/c32-25(24-10-5-4-9-23(24)19-29-18-14-28-21-29)30-15-6-12-27(13-17-30)20-31(26(33)34-27)16-11-22-7-2-1-3-8-22/h1-5,7-10,14,18,21H,6,11-13,15-17,19-20H2/t27-/m0/s1. The number of imidazole rings is 1. The number of hydrogen-bond donors (Lipinski definition) is 0. The van der Waals surface area contributed by atoms with Crippen LogP contribution in [0, 0.1) is 0 Å². The molecule has 7 nitrogen and oxygen atoms in total. The van der Waals surface area contributed by atoms with Crippen LogP contribution in [-0.2, 0) is 17.7 Å². The van der Waals surface area contributed by atoms with E-state index in [1.165, 1.54) is 5.56 Å². The van der Waals surface area contributed by atoms with Gasteiger partial charge in [-0.15, -0.1) is 0 Å². The van der Waals surface area contributed by atoms with Gasteiger partial charge in [0, 0.05) is 50.6 Å². The molecule has 2 aliphatic heterocycles. The summed E-state index contributed by atoms with van der Waals surface area (Å²) < 4.78 is 7.90. The Morgan fingerprint density at radius 2 is 1.85 bits per heavy atom. The molecule has 2 aliphatic rings. The van der Waals surface area contributed by atoms with Gasteiger partial charge in [-0.05, 0) is 36.5 Å². The Balaban J connectivity index is 1.23. The Labute approximate surface area is 200 Å². The van der Waals surface area contributed by atoms with E-state index in [1.807, 2.05) is 63.0 Å². The summed E-state index contributed by atoms with van der Waals surface area (Å²) >= 11 is 0. The van der Waals surface area contributed by atoms with Crippen molar-refractivity contribution in [2.24, 2.45) is 0 Å². The summed E-state index contributed by atoms with van der Waals surface area (Å²) in [5.41, 5.74) is 2.41. The second-order valence-electron chi connectivity index (χ2n) is 9.25. The van der Waals surface area contributed by atoms with Crippen molar-refractivity contribution < 1.29 is 14.3 Å². The van der Waals surface area contributed by atoms with Crippen LogP contribution in [0.2, 0.25) is 0 Å². The maximum atomic E-state index is 13.5. The van der Waals surface area contributed by atoms with Crippen molar-refractivity contribution in [2.45, 2.75) is 37.8 Å². The van der Waals surface area contributed by atoms with Gasteiger partial charge in [0.15, 0.2) is 0 Å². The van der Waals surface area contributed by atoms with Crippen molar-refractivity contribution in [3.05, 3.63) is 90.0 Å². The van der Waals surface area contributed by atoms with Crippen LogP contribution in [0.15, 0.2) is 73.3 Å². The third-order valence-corrected chi connectivity index (χ3v) is 6.90. The number of aromatic nitrogens is 2.